The molecule has 0 aliphatic heterocycles. The van der Waals surface area contributed by atoms with Crippen LogP contribution in [0.1, 0.15) is 43.0 Å². The van der Waals surface area contributed by atoms with Crippen LogP contribution in [0, 0.1) is 27.7 Å². The van der Waals surface area contributed by atoms with Gasteiger partial charge in [0.05, 0.1) is 17.6 Å². The molecule has 0 aromatic heterocycles. The summed E-state index contributed by atoms with van der Waals surface area (Å²) in [6.45, 7) is 7.14. The molecule has 7 nitrogen and oxygen atoms in total. The Bertz CT molecular complexity index is 1330. The highest BCUT2D eigenvalue weighted by atomic mass is 32.2. The second-order valence-corrected chi connectivity index (χ2v) is 9.54. The van der Waals surface area contributed by atoms with Crippen LogP contribution in [0.2, 0.25) is 0 Å². The molecular weight excluding hydrogens is 440 g/mol. The summed E-state index contributed by atoms with van der Waals surface area (Å²) in [5.41, 5.74) is 4.31. The molecule has 1 amide bonds. The lowest BCUT2D eigenvalue weighted by atomic mass is 10.1. The number of sulfonamides is 1. The minimum atomic E-state index is -3.93. The molecule has 0 spiro atoms. The van der Waals surface area contributed by atoms with Crippen molar-refractivity contribution in [1.29, 1.82) is 0 Å². The zero-order chi connectivity index (χ0) is 24.3. The topological polar surface area (TPSA) is 102 Å². The summed E-state index contributed by atoms with van der Waals surface area (Å²) in [4.78, 5) is 24.8. The lowest BCUT2D eigenvalue weighted by Crippen LogP contribution is -2.18. The summed E-state index contributed by atoms with van der Waals surface area (Å²) in [6.07, 6.45) is 0. The van der Waals surface area contributed by atoms with E-state index in [2.05, 4.69) is 10.0 Å². The SMILES string of the molecule is COC(=O)c1cccc(NC(=O)c2ccc(C)c(S(=O)(=O)Nc3cc(C)cc(C)c3)c2)c1C. The fraction of sp³-hybridized carbons (Fsp3) is 0.200. The van der Waals surface area contributed by atoms with Crippen molar-refractivity contribution in [3.05, 3.63) is 88.0 Å². The van der Waals surface area contributed by atoms with Gasteiger partial charge in [0, 0.05) is 16.9 Å². The van der Waals surface area contributed by atoms with E-state index in [-0.39, 0.29) is 10.5 Å². The molecule has 2 N–H and O–H groups in total. The molecule has 0 atom stereocenters. The second kappa shape index (κ2) is 9.46. The highest BCUT2D eigenvalue weighted by Gasteiger charge is 2.20. The zero-order valence-corrected chi connectivity index (χ0v) is 20.0. The third kappa shape index (κ3) is 5.40. The highest BCUT2D eigenvalue weighted by Crippen LogP contribution is 2.24. The number of hydrogen-bond acceptors (Lipinski definition) is 5. The van der Waals surface area contributed by atoms with Crippen molar-refractivity contribution in [3.8, 4) is 0 Å². The van der Waals surface area contributed by atoms with E-state index in [9.17, 15) is 18.0 Å². The van der Waals surface area contributed by atoms with E-state index in [0.29, 0.717) is 28.1 Å². The molecule has 8 heteroatoms. The largest absolute Gasteiger partial charge is 0.465 e. The lowest BCUT2D eigenvalue weighted by Gasteiger charge is -2.14. The maximum absolute atomic E-state index is 13.1. The third-order valence-electron chi connectivity index (χ3n) is 5.20. The van der Waals surface area contributed by atoms with Crippen LogP contribution in [0.5, 0.6) is 0 Å². The minimum Gasteiger partial charge on any atom is -0.465 e. The number of aryl methyl sites for hydroxylation is 3. The summed E-state index contributed by atoms with van der Waals surface area (Å²) in [5, 5.41) is 2.75. The number of esters is 1. The predicted octanol–water partition coefficient (Wildman–Crippen LogP) is 4.76. The Morgan fingerprint density at radius 2 is 1.55 bits per heavy atom. The molecule has 0 bridgehead atoms. The molecule has 0 aliphatic rings. The molecule has 0 radical (unpaired) electrons. The molecule has 3 rings (SSSR count). The molecule has 3 aromatic rings. The van der Waals surface area contributed by atoms with Gasteiger partial charge in [-0.25, -0.2) is 13.2 Å². The highest BCUT2D eigenvalue weighted by molar-refractivity contribution is 7.92. The molecule has 3 aromatic carbocycles. The van der Waals surface area contributed by atoms with Crippen molar-refractivity contribution < 1.29 is 22.7 Å². The van der Waals surface area contributed by atoms with Crippen LogP contribution >= 0.6 is 0 Å². The molecule has 0 aliphatic carbocycles. The van der Waals surface area contributed by atoms with E-state index < -0.39 is 21.9 Å². The Morgan fingerprint density at radius 1 is 0.879 bits per heavy atom. The van der Waals surface area contributed by atoms with E-state index in [1.807, 2.05) is 19.9 Å². The van der Waals surface area contributed by atoms with Gasteiger partial charge in [0.2, 0.25) is 0 Å². The molecular formula is C25H26N2O5S. The number of methoxy groups -OCH3 is 1. The van der Waals surface area contributed by atoms with E-state index in [1.165, 1.54) is 13.2 Å². The summed E-state index contributed by atoms with van der Waals surface area (Å²) in [7, 11) is -2.64. The van der Waals surface area contributed by atoms with Crippen molar-refractivity contribution in [1.82, 2.24) is 0 Å². The van der Waals surface area contributed by atoms with Crippen molar-refractivity contribution in [2.75, 3.05) is 17.1 Å². The minimum absolute atomic E-state index is 0.00865. The smallest absolute Gasteiger partial charge is 0.338 e. The fourth-order valence-corrected chi connectivity index (χ4v) is 4.88. The van der Waals surface area contributed by atoms with Gasteiger partial charge in [0.15, 0.2) is 0 Å². The number of carbonyl (C=O) groups excluding carboxylic acids is 2. The number of ether oxygens (including phenoxy) is 1. The summed E-state index contributed by atoms with van der Waals surface area (Å²) in [6, 6.07) is 14.8. The first-order valence-corrected chi connectivity index (χ1v) is 11.7. The van der Waals surface area contributed by atoms with Crippen molar-refractivity contribution in [3.63, 3.8) is 0 Å². The number of hydrogen-bond donors (Lipinski definition) is 2. The normalized spacial score (nSPS) is 11.1. The lowest BCUT2D eigenvalue weighted by molar-refractivity contribution is 0.0599. The maximum Gasteiger partial charge on any atom is 0.338 e. The van der Waals surface area contributed by atoms with Gasteiger partial charge in [-0.2, -0.15) is 0 Å². The molecule has 0 saturated heterocycles. The number of carbonyl (C=O) groups is 2. The number of anilines is 2. The molecule has 0 heterocycles. The van der Waals surface area contributed by atoms with Gasteiger partial charge in [-0.15, -0.1) is 0 Å². The van der Waals surface area contributed by atoms with Crippen LogP contribution in [0.25, 0.3) is 0 Å². The van der Waals surface area contributed by atoms with Crippen molar-refractivity contribution in [2.45, 2.75) is 32.6 Å². The second-order valence-electron chi connectivity index (χ2n) is 7.89. The van der Waals surface area contributed by atoms with Gasteiger partial charge in [-0.05, 0) is 86.3 Å². The molecule has 0 unspecified atom stereocenters. The Morgan fingerprint density at radius 3 is 2.18 bits per heavy atom. The number of benzene rings is 3. The Balaban J connectivity index is 1.91. The van der Waals surface area contributed by atoms with Crippen LogP contribution < -0.4 is 10.0 Å². The Kier molecular flexibility index (Phi) is 6.88. The zero-order valence-electron chi connectivity index (χ0n) is 19.1. The van der Waals surface area contributed by atoms with Gasteiger partial charge in [-0.3, -0.25) is 9.52 Å². The average molecular weight is 467 g/mol. The van der Waals surface area contributed by atoms with Gasteiger partial charge in [0.25, 0.3) is 15.9 Å². The molecule has 0 saturated carbocycles. The Hall–Kier alpha value is -3.65. The quantitative estimate of drug-likeness (QED) is 0.510. The van der Waals surface area contributed by atoms with Crippen molar-refractivity contribution in [2.24, 2.45) is 0 Å². The van der Waals surface area contributed by atoms with Crippen LogP contribution in [0.4, 0.5) is 11.4 Å². The average Bonchev–Trinajstić information content (AvgIpc) is 2.73. The van der Waals surface area contributed by atoms with Gasteiger partial charge in [0.1, 0.15) is 0 Å². The van der Waals surface area contributed by atoms with E-state index >= 15 is 0 Å². The first-order chi connectivity index (χ1) is 15.5. The summed E-state index contributed by atoms with van der Waals surface area (Å²) >= 11 is 0. The van der Waals surface area contributed by atoms with Gasteiger partial charge < -0.3 is 10.1 Å². The summed E-state index contributed by atoms with van der Waals surface area (Å²) in [5.74, 6) is -1.01. The first kappa shape index (κ1) is 24.0. The fourth-order valence-electron chi connectivity index (χ4n) is 3.57. The van der Waals surface area contributed by atoms with Crippen LogP contribution in [-0.2, 0) is 14.8 Å². The molecule has 33 heavy (non-hydrogen) atoms. The number of amides is 1. The molecule has 172 valence electrons. The first-order valence-electron chi connectivity index (χ1n) is 10.2. The van der Waals surface area contributed by atoms with Gasteiger partial charge >= 0.3 is 5.97 Å². The van der Waals surface area contributed by atoms with Crippen LogP contribution in [0.3, 0.4) is 0 Å². The number of rotatable bonds is 6. The van der Waals surface area contributed by atoms with Crippen LogP contribution in [-0.4, -0.2) is 27.4 Å². The van der Waals surface area contributed by atoms with Crippen LogP contribution in [0.15, 0.2) is 59.5 Å². The van der Waals surface area contributed by atoms with E-state index in [1.54, 1.807) is 56.3 Å². The number of nitrogens with one attached hydrogen (secondary N) is 2. The molecule has 0 fully saturated rings. The Labute approximate surface area is 193 Å². The monoisotopic (exact) mass is 466 g/mol. The predicted molar refractivity (Wildman–Crippen MR) is 128 cm³/mol. The standard InChI is InChI=1S/C25H26N2O5S/c1-15-11-16(2)13-20(12-15)27-33(30,31)23-14-19(10-9-17(23)3)24(28)26-22-8-6-7-21(18(22)4)25(29)32-5/h6-14,27H,1-5H3,(H,26,28). The van der Waals surface area contributed by atoms with E-state index in [4.69, 9.17) is 4.74 Å². The van der Waals surface area contributed by atoms with E-state index in [0.717, 1.165) is 11.1 Å². The summed E-state index contributed by atoms with van der Waals surface area (Å²) < 4.78 is 33.5. The maximum atomic E-state index is 13.1. The third-order valence-corrected chi connectivity index (χ3v) is 6.72. The van der Waals surface area contributed by atoms with Crippen molar-refractivity contribution >= 4 is 33.3 Å². The van der Waals surface area contributed by atoms with Gasteiger partial charge in [-0.1, -0.05) is 18.2 Å².